The first kappa shape index (κ1) is 43.3. The molecule has 0 spiro atoms. The number of halogens is 3. The Hall–Kier alpha value is -4.81. The molecule has 1 aromatic heterocycles. The molecule has 3 fully saturated rings. The third kappa shape index (κ3) is 7.93. The van der Waals surface area contributed by atoms with Crippen LogP contribution in [0.25, 0.3) is 10.8 Å². The van der Waals surface area contributed by atoms with Gasteiger partial charge in [0.15, 0.2) is 11.5 Å². The Morgan fingerprint density at radius 2 is 1.78 bits per heavy atom. The molecule has 2 saturated carbocycles. The summed E-state index contributed by atoms with van der Waals surface area (Å²) < 4.78 is 91.8. The Balaban J connectivity index is 1.31. The van der Waals surface area contributed by atoms with Crippen LogP contribution in [0.5, 0.6) is 17.4 Å². The molecule has 1 saturated heterocycles. The van der Waals surface area contributed by atoms with E-state index in [9.17, 15) is 27.9 Å². The highest BCUT2D eigenvalue weighted by molar-refractivity contribution is 7.91. The van der Waals surface area contributed by atoms with E-state index in [1.807, 2.05) is 13.0 Å². The van der Waals surface area contributed by atoms with Crippen molar-refractivity contribution in [2.75, 3.05) is 19.8 Å². The van der Waals surface area contributed by atoms with E-state index < -0.39 is 99.2 Å². The van der Waals surface area contributed by atoms with Crippen LogP contribution in [0, 0.1) is 17.8 Å². The molecule has 7 rings (SSSR count). The zero-order valence-corrected chi connectivity index (χ0v) is 34.8. The number of rotatable bonds is 9. The molecule has 4 heterocycles. The fraction of sp³-hybridized carbons (Fsp3) is 0.634. The maximum absolute atomic E-state index is 15.2. The van der Waals surface area contributed by atoms with Gasteiger partial charge in [0.1, 0.15) is 42.5 Å². The fourth-order valence-corrected chi connectivity index (χ4v) is 10.7. The van der Waals surface area contributed by atoms with Crippen molar-refractivity contribution < 1.29 is 60.1 Å². The van der Waals surface area contributed by atoms with Gasteiger partial charge in [-0.15, -0.1) is 0 Å². The summed E-state index contributed by atoms with van der Waals surface area (Å²) in [6, 6.07) is 1.74. The molecule has 4 amide bonds. The van der Waals surface area contributed by atoms with Crippen LogP contribution >= 0.6 is 0 Å². The van der Waals surface area contributed by atoms with Crippen LogP contribution in [0.4, 0.5) is 18.0 Å². The molecule has 3 N–H and O–H groups in total. The molecule has 60 heavy (non-hydrogen) atoms. The number of sulfonamides is 1. The standard InChI is InChI=1S/C41H52F3N5O10S/c1-5-39(6-2,41(42,43)44)49(38(53)54)32-24(4)19-23(3)9-7-8-10-25-21-40(25,37(52)47-60(55,56)27-11-12-27)46-34(50)30-20-26(22-48(30)36(32)51)59-35-29-13-14-31-33(58-18-17-57-31)28(29)15-16-45-35/h8,10,13-16,23-27,30,32H,5-7,9,11-12,17-22H2,1-4H3,(H,46,50)(H,47,52)(H,53,54)/t23-,24+,25+,26+,30-,32-,40+/m0/s1. The van der Waals surface area contributed by atoms with Crippen LogP contribution in [-0.4, -0.2) is 113 Å². The number of carboxylic acid groups (broad SMARTS) is 1. The van der Waals surface area contributed by atoms with Gasteiger partial charge in [-0.25, -0.2) is 18.2 Å². The zero-order chi connectivity index (χ0) is 43.4. The number of nitrogens with zero attached hydrogens (tertiary/aromatic N) is 3. The van der Waals surface area contributed by atoms with Gasteiger partial charge in [-0.2, -0.15) is 13.2 Å². The molecule has 2 aromatic rings. The molecule has 0 bridgehead atoms. The summed E-state index contributed by atoms with van der Waals surface area (Å²) in [6.07, 6.45) is -2.58. The van der Waals surface area contributed by atoms with Crippen LogP contribution in [-0.2, 0) is 24.4 Å². The van der Waals surface area contributed by atoms with Crippen molar-refractivity contribution in [3.05, 3.63) is 36.5 Å². The highest BCUT2D eigenvalue weighted by Gasteiger charge is 2.64. The Morgan fingerprint density at radius 3 is 2.45 bits per heavy atom. The quantitative estimate of drug-likeness (QED) is 0.277. The van der Waals surface area contributed by atoms with Crippen LogP contribution in [0.3, 0.4) is 0 Å². The molecule has 3 aliphatic heterocycles. The number of ether oxygens (including phenoxy) is 3. The minimum atomic E-state index is -5.08. The summed E-state index contributed by atoms with van der Waals surface area (Å²) in [5, 5.41) is 13.9. The first-order valence-corrected chi connectivity index (χ1v) is 22.2. The summed E-state index contributed by atoms with van der Waals surface area (Å²) in [5.74, 6) is -3.48. The second-order valence-corrected chi connectivity index (χ2v) is 18.8. The van der Waals surface area contributed by atoms with Crippen molar-refractivity contribution in [3.63, 3.8) is 0 Å². The Kier molecular flexibility index (Phi) is 11.7. The lowest BCUT2D eigenvalue weighted by Gasteiger charge is -2.48. The van der Waals surface area contributed by atoms with Gasteiger partial charge in [-0.05, 0) is 81.4 Å². The molecule has 0 radical (unpaired) electrons. The van der Waals surface area contributed by atoms with Crippen molar-refractivity contribution in [2.45, 2.75) is 126 Å². The first-order chi connectivity index (χ1) is 28.4. The number of fused-ring (bicyclic) bond motifs is 5. The van der Waals surface area contributed by atoms with Crippen molar-refractivity contribution in [3.8, 4) is 17.4 Å². The van der Waals surface area contributed by atoms with Crippen LogP contribution < -0.4 is 24.2 Å². The molecule has 19 heteroatoms. The van der Waals surface area contributed by atoms with Crippen LogP contribution in [0.1, 0.15) is 85.5 Å². The number of aromatic nitrogens is 1. The molecular formula is C41H52F3N5O10S. The van der Waals surface area contributed by atoms with E-state index in [4.69, 9.17) is 14.2 Å². The molecule has 15 nitrogen and oxygen atoms in total. The third-order valence-corrected chi connectivity index (χ3v) is 14.7. The minimum absolute atomic E-state index is 0.0565. The van der Waals surface area contributed by atoms with E-state index in [1.165, 1.54) is 20.0 Å². The number of benzene rings is 1. The second kappa shape index (κ2) is 16.2. The molecular weight excluding hydrogens is 812 g/mol. The fourth-order valence-electron chi connectivity index (χ4n) is 9.33. The van der Waals surface area contributed by atoms with E-state index in [0.717, 1.165) is 4.90 Å². The van der Waals surface area contributed by atoms with E-state index in [0.29, 0.717) is 61.2 Å². The second-order valence-electron chi connectivity index (χ2n) is 16.9. The number of alkyl halides is 3. The largest absolute Gasteiger partial charge is 0.486 e. The molecule has 1 aromatic carbocycles. The Bertz CT molecular complexity index is 2160. The normalized spacial score (nSPS) is 28.8. The van der Waals surface area contributed by atoms with Gasteiger partial charge in [-0.3, -0.25) is 24.0 Å². The average molecular weight is 864 g/mol. The zero-order valence-electron chi connectivity index (χ0n) is 34.0. The van der Waals surface area contributed by atoms with Gasteiger partial charge < -0.3 is 29.5 Å². The van der Waals surface area contributed by atoms with E-state index in [1.54, 1.807) is 31.2 Å². The topological polar surface area (TPSA) is 194 Å². The highest BCUT2D eigenvalue weighted by Crippen LogP contribution is 2.48. The van der Waals surface area contributed by atoms with Gasteiger partial charge in [0, 0.05) is 29.3 Å². The van der Waals surface area contributed by atoms with Crippen molar-refractivity contribution >= 4 is 44.6 Å². The SMILES string of the molecule is CCC(CC)(N(C(=O)O)[C@@H]1C(=O)N2C[C@H](Oc3nccc4c5c(ccc34)OCCO5)C[C@H]2C(=O)N[C@]2(C(=O)NS(=O)(=O)C3CC3)C[C@H]2C=CCC[C@H](C)C[C@H]1C)C(F)(F)F. The lowest BCUT2D eigenvalue weighted by Crippen LogP contribution is -2.68. The summed E-state index contributed by atoms with van der Waals surface area (Å²) in [5.41, 5.74) is -4.66. The number of hydrogen-bond donors (Lipinski definition) is 3. The molecule has 5 aliphatic rings. The van der Waals surface area contributed by atoms with E-state index in [-0.39, 0.29) is 42.5 Å². The van der Waals surface area contributed by atoms with Gasteiger partial charge in [-0.1, -0.05) is 39.8 Å². The van der Waals surface area contributed by atoms with E-state index in [2.05, 4.69) is 15.0 Å². The molecule has 7 atom stereocenters. The molecule has 328 valence electrons. The van der Waals surface area contributed by atoms with Crippen molar-refractivity contribution in [2.24, 2.45) is 17.8 Å². The van der Waals surface area contributed by atoms with Gasteiger partial charge in [0.25, 0.3) is 5.91 Å². The first-order valence-electron chi connectivity index (χ1n) is 20.7. The number of carbonyl (C=O) groups is 4. The number of nitrogens with one attached hydrogen (secondary N) is 2. The Morgan fingerprint density at radius 1 is 1.07 bits per heavy atom. The van der Waals surface area contributed by atoms with Crippen LogP contribution in [0.15, 0.2) is 36.5 Å². The van der Waals surface area contributed by atoms with Crippen LogP contribution in [0.2, 0.25) is 0 Å². The predicted molar refractivity (Wildman–Crippen MR) is 211 cm³/mol. The number of amides is 4. The lowest BCUT2D eigenvalue weighted by molar-refractivity contribution is -0.236. The van der Waals surface area contributed by atoms with E-state index >= 15 is 18.0 Å². The third-order valence-electron chi connectivity index (χ3n) is 12.9. The van der Waals surface area contributed by atoms with Crippen molar-refractivity contribution in [1.29, 1.82) is 0 Å². The number of hydrogen-bond acceptors (Lipinski definition) is 10. The maximum Gasteiger partial charge on any atom is 0.411 e. The number of allylic oxidation sites excluding steroid dienone is 1. The maximum atomic E-state index is 15.2. The average Bonchev–Trinajstić information content (AvgIpc) is 4.12. The summed E-state index contributed by atoms with van der Waals surface area (Å²) >= 11 is 0. The minimum Gasteiger partial charge on any atom is -0.486 e. The lowest BCUT2D eigenvalue weighted by atomic mass is 9.82. The summed E-state index contributed by atoms with van der Waals surface area (Å²) in [4.78, 5) is 62.7. The van der Waals surface area contributed by atoms with Gasteiger partial charge in [0.05, 0.1) is 11.8 Å². The monoisotopic (exact) mass is 863 g/mol. The van der Waals surface area contributed by atoms with Gasteiger partial charge in [0.2, 0.25) is 27.7 Å². The molecule has 0 unspecified atom stereocenters. The van der Waals surface area contributed by atoms with Crippen molar-refractivity contribution in [1.82, 2.24) is 24.8 Å². The highest BCUT2D eigenvalue weighted by atomic mass is 32.2. The number of pyridine rings is 1. The predicted octanol–water partition coefficient (Wildman–Crippen LogP) is 5.32. The molecule has 2 aliphatic carbocycles. The smallest absolute Gasteiger partial charge is 0.411 e. The van der Waals surface area contributed by atoms with Gasteiger partial charge >= 0.3 is 12.3 Å². The number of carbonyl (C=O) groups excluding carboxylic acids is 3. The Labute approximate surface area is 346 Å². The summed E-state index contributed by atoms with van der Waals surface area (Å²) in [6.45, 7) is 6.17. The summed E-state index contributed by atoms with van der Waals surface area (Å²) in [7, 11) is -4.03.